The van der Waals surface area contributed by atoms with Crippen LogP contribution in [0.4, 0.5) is 26.7 Å². The van der Waals surface area contributed by atoms with Gasteiger partial charge in [-0.1, -0.05) is 57.2 Å². The molecular weight excluding hydrogens is 1630 g/mol. The van der Waals surface area contributed by atoms with E-state index in [1.165, 1.54) is 6.92 Å². The van der Waals surface area contributed by atoms with Crippen molar-refractivity contribution in [2.45, 2.75) is 199 Å². The van der Waals surface area contributed by atoms with Gasteiger partial charge in [0.25, 0.3) is 35.4 Å². The maximum Gasteiger partial charge on any atom is 0.312 e. The molecule has 0 unspecified atom stereocenters. The van der Waals surface area contributed by atoms with Crippen LogP contribution in [0, 0.1) is 39.9 Å². The quantitative estimate of drug-likeness (QED) is 0.0158. The normalized spacial score (nSPS) is 14.3. The van der Waals surface area contributed by atoms with Gasteiger partial charge in [-0.3, -0.25) is 106 Å². The number of imide groups is 3. The summed E-state index contributed by atoms with van der Waals surface area (Å²) in [5.74, 6) is -12.0. The lowest BCUT2D eigenvalue weighted by Crippen LogP contribution is -2.46. The third-order valence-electron chi connectivity index (χ3n) is 19.0. The summed E-state index contributed by atoms with van der Waals surface area (Å²) in [6.07, 6.45) is 5.92. The van der Waals surface area contributed by atoms with Gasteiger partial charge in [-0.25, -0.2) is 9.59 Å². The summed E-state index contributed by atoms with van der Waals surface area (Å²) in [4.78, 5) is 258. The lowest BCUT2D eigenvalue weighted by Gasteiger charge is -2.24. The first-order valence-corrected chi connectivity index (χ1v) is 40.6. The summed E-state index contributed by atoms with van der Waals surface area (Å²) in [7, 11) is 0. The zero-order valence-electron chi connectivity index (χ0n) is 72.7. The fraction of sp³-hybridized carbons (Fsp3) is 0.483. The van der Waals surface area contributed by atoms with Crippen LogP contribution in [-0.4, -0.2) is 190 Å². The van der Waals surface area contributed by atoms with Crippen LogP contribution >= 0.6 is 0 Å². The maximum atomic E-state index is 13.4. The van der Waals surface area contributed by atoms with Crippen LogP contribution < -0.4 is 59.7 Å². The van der Waals surface area contributed by atoms with Crippen molar-refractivity contribution in [3.8, 4) is 0 Å². The van der Waals surface area contributed by atoms with Crippen LogP contribution in [0.25, 0.3) is 0 Å². The molecule has 0 aliphatic carbocycles. The van der Waals surface area contributed by atoms with Crippen molar-refractivity contribution in [2.24, 2.45) is 57.1 Å². The number of nitrogens with one attached hydrogen (secondary N) is 8. The Balaban J connectivity index is 0.000000396. The molecule has 0 saturated heterocycles. The van der Waals surface area contributed by atoms with E-state index in [0.717, 1.165) is 62.3 Å². The zero-order valence-corrected chi connectivity index (χ0v) is 72.7. The van der Waals surface area contributed by atoms with Gasteiger partial charge in [0.15, 0.2) is 17.3 Å². The molecule has 14 N–H and O–H groups in total. The van der Waals surface area contributed by atoms with E-state index < -0.39 is 147 Å². The van der Waals surface area contributed by atoms with E-state index in [4.69, 9.17) is 31.4 Å². The second-order valence-electron chi connectivity index (χ2n) is 33.3. The Bertz CT molecular complexity index is 4500. The topological polar surface area (TPSA) is 570 Å². The van der Waals surface area contributed by atoms with Gasteiger partial charge >= 0.3 is 30.0 Å². The molecule has 38 nitrogen and oxygen atoms in total. The second kappa shape index (κ2) is 49.6. The molecule has 0 spiro atoms. The van der Waals surface area contributed by atoms with Gasteiger partial charge in [0.2, 0.25) is 41.4 Å². The number of carbonyl (C=O) groups excluding carboxylic acids is 21. The highest BCUT2D eigenvalue weighted by Gasteiger charge is 2.35. The number of carbonyl (C=O) groups is 21. The monoisotopic (exact) mass is 1740 g/mol. The van der Waals surface area contributed by atoms with E-state index >= 15 is 0 Å². The number of urea groups is 2. The number of esters is 3. The first-order valence-electron chi connectivity index (χ1n) is 40.6. The predicted octanol–water partition coefficient (Wildman–Crippen LogP) is 4.74. The van der Waals surface area contributed by atoms with Crippen molar-refractivity contribution < 1.29 is 115 Å². The molecule has 0 aromatic heterocycles. The average Bonchev–Trinajstić information content (AvgIpc) is 1.86. The van der Waals surface area contributed by atoms with Crippen molar-refractivity contribution in [1.29, 1.82) is 0 Å². The SMILES string of the molecule is CC(C)(C)C(=O)OCc1ccc(NC(=O)[C@H](CCCNC(N)=O)CC(=O)[C@H](CC(N)=O)NC(=O)CCN2C(=O)C=CC2=O)cc1.CC(C)[C@H](NC(=O)CCN1C(=O)C=CC1=O)C(=O)C[C@@H](CCCNC(N)=O)C(=O)Nc1ccc(COC(=O)C(C)(C)C)cc1.C[C@H](CC(=O)[C@H](C)NC(=O)CCN1C(=O)C=CC1=O)C(=O)Nc1ccc(COC(=O)C(C)(C)C)cc1. The number of primary amides is 3. The fourth-order valence-electron chi connectivity index (χ4n) is 11.6. The van der Waals surface area contributed by atoms with Gasteiger partial charge in [0, 0.05) is 143 Å². The fourth-order valence-corrected chi connectivity index (χ4v) is 11.6. The zero-order chi connectivity index (χ0) is 93.8. The molecule has 6 atom stereocenters. The highest BCUT2D eigenvalue weighted by Crippen LogP contribution is 2.25. The average molecular weight is 1740 g/mol. The van der Waals surface area contributed by atoms with Gasteiger partial charge in [0.05, 0.1) is 40.8 Å². The second-order valence-corrected chi connectivity index (χ2v) is 33.3. The number of ketones is 3. The predicted molar refractivity (Wildman–Crippen MR) is 453 cm³/mol. The number of amides is 17. The van der Waals surface area contributed by atoms with Gasteiger partial charge in [0.1, 0.15) is 19.8 Å². The molecular formula is C87H116N14O24. The van der Waals surface area contributed by atoms with E-state index in [1.54, 1.807) is 156 Å². The van der Waals surface area contributed by atoms with E-state index in [1.807, 2.05) is 0 Å². The highest BCUT2D eigenvalue weighted by atomic mass is 16.5. The third-order valence-corrected chi connectivity index (χ3v) is 19.0. The summed E-state index contributed by atoms with van der Waals surface area (Å²) >= 11 is 0. The molecule has 3 aliphatic rings. The van der Waals surface area contributed by atoms with Crippen LogP contribution in [0.3, 0.4) is 0 Å². The van der Waals surface area contributed by atoms with Crippen LogP contribution in [0.5, 0.6) is 0 Å². The Kier molecular flexibility index (Phi) is 41.2. The Morgan fingerprint density at radius 1 is 0.376 bits per heavy atom. The largest absolute Gasteiger partial charge is 0.460 e. The first kappa shape index (κ1) is 104. The number of benzene rings is 3. The van der Waals surface area contributed by atoms with Crippen molar-refractivity contribution in [3.63, 3.8) is 0 Å². The van der Waals surface area contributed by atoms with Crippen molar-refractivity contribution in [3.05, 3.63) is 126 Å². The van der Waals surface area contributed by atoms with E-state index in [9.17, 15) is 101 Å². The molecule has 17 amide bonds. The summed E-state index contributed by atoms with van der Waals surface area (Å²) in [5.41, 5.74) is 17.3. The molecule has 3 aromatic rings. The lowest BCUT2D eigenvalue weighted by atomic mass is 9.89. The lowest BCUT2D eigenvalue weighted by molar-refractivity contribution is -0.155. The molecule has 0 fully saturated rings. The molecule has 3 aliphatic heterocycles. The van der Waals surface area contributed by atoms with Gasteiger partial charge in [-0.2, -0.15) is 0 Å². The molecule has 3 heterocycles. The number of ether oxygens (including phenoxy) is 3. The van der Waals surface area contributed by atoms with Gasteiger partial charge in [-0.05, 0) is 154 Å². The number of hydrogen-bond donors (Lipinski definition) is 11. The van der Waals surface area contributed by atoms with E-state index in [0.29, 0.717) is 29.0 Å². The van der Waals surface area contributed by atoms with Crippen LogP contribution in [-0.2, 0) is 125 Å². The van der Waals surface area contributed by atoms with E-state index in [2.05, 4.69) is 42.5 Å². The Hall–Kier alpha value is -13.5. The maximum absolute atomic E-state index is 13.4. The number of rotatable bonds is 44. The van der Waals surface area contributed by atoms with Crippen LogP contribution in [0.2, 0.25) is 0 Å². The molecule has 0 bridgehead atoms. The molecule has 3 aromatic carbocycles. The Morgan fingerprint density at radius 3 is 0.984 bits per heavy atom. The number of Topliss-reactive ketones (excluding diaryl/α,β-unsaturated/α-hetero) is 3. The summed E-state index contributed by atoms with van der Waals surface area (Å²) in [6.45, 7) is 22.6. The number of nitrogens with zero attached hydrogens (tertiary/aromatic N) is 3. The van der Waals surface area contributed by atoms with Crippen molar-refractivity contribution in [2.75, 3.05) is 48.7 Å². The minimum atomic E-state index is -1.35. The Morgan fingerprint density at radius 2 is 0.680 bits per heavy atom. The third kappa shape index (κ3) is 37.8. The minimum absolute atomic E-state index is 0.0445. The molecule has 6 rings (SSSR count). The first-order chi connectivity index (χ1) is 58.4. The number of hydrogen-bond acceptors (Lipinski definition) is 24. The summed E-state index contributed by atoms with van der Waals surface area (Å²) in [6, 6.07) is 15.6. The minimum Gasteiger partial charge on any atom is -0.460 e. The van der Waals surface area contributed by atoms with E-state index in [-0.39, 0.29) is 152 Å². The molecule has 38 heteroatoms. The highest BCUT2D eigenvalue weighted by molar-refractivity contribution is 6.14. The molecule has 0 radical (unpaired) electrons. The van der Waals surface area contributed by atoms with Gasteiger partial charge < -0.3 is 73.9 Å². The van der Waals surface area contributed by atoms with Crippen molar-refractivity contribution in [1.82, 2.24) is 41.3 Å². The standard InChI is InChI=1S/C31H43N5O8.C30H40N6O9.C26H33N3O7/c1-19(2)27(35-24(38)14-16-36-25(39)12-13-26(36)40)23(37)17-21(7-6-15-33-30(32)43)28(41)34-22-10-8-20(9-11-22)18-44-29(42)31(3,4)5;1-30(2,3)28(43)45-17-18-6-8-20(9-7-18)34-27(42)19(5-4-13-33-29(32)44)15-22(37)21(16-23(31)38)35-24(39)12-14-36-25(40)10-11-26(36)41;1-16(14-20(30)17(2)27-21(31)12-13-29-22(32)10-11-23(29)33)24(34)28-19-8-6-18(7-9-19)15-36-25(35)26(3,4)5/h8-13,19,21,27H,6-7,14-18H2,1-5H3,(H,34,41)(H,35,38)(H3,32,33,43);6-11,19,21H,4-5,12-17H2,1-3H3,(H2,31,38)(H,34,42)(H,35,39)(H3,32,33,44);6-11,16-17H,12-15H2,1-5H3,(H,27,31)(H,28,34)/t21-,27+;19-,21+;16-,17+/m111/s1. The number of anilines is 3. The molecule has 125 heavy (non-hydrogen) atoms. The van der Waals surface area contributed by atoms with Crippen LogP contribution in [0.15, 0.2) is 109 Å². The Labute approximate surface area is 724 Å². The summed E-state index contributed by atoms with van der Waals surface area (Å²) < 4.78 is 15.9. The molecule has 678 valence electrons. The molecule has 0 saturated carbocycles. The smallest absolute Gasteiger partial charge is 0.312 e. The van der Waals surface area contributed by atoms with Crippen LogP contribution in [0.1, 0.15) is 177 Å². The van der Waals surface area contributed by atoms with Gasteiger partial charge in [-0.15, -0.1) is 0 Å². The number of nitrogens with two attached hydrogens (primary N) is 3. The summed E-state index contributed by atoms with van der Waals surface area (Å²) in [5, 5.41) is 20.8. The van der Waals surface area contributed by atoms with Crippen molar-refractivity contribution >= 4 is 141 Å².